The van der Waals surface area contributed by atoms with Crippen LogP contribution in [0.25, 0.3) is 0 Å². The molecule has 2 N–H and O–H groups in total. The molecule has 3 rings (SSSR count). The second-order valence-electron chi connectivity index (χ2n) is 6.97. The Morgan fingerprint density at radius 1 is 1.07 bits per heavy atom. The van der Waals surface area contributed by atoms with Crippen LogP contribution < -0.4 is 10.0 Å². The van der Waals surface area contributed by atoms with E-state index in [1.165, 1.54) is 12.1 Å². The topological polar surface area (TPSA) is 108 Å². The predicted octanol–water partition coefficient (Wildman–Crippen LogP) is 1.93. The van der Waals surface area contributed by atoms with Gasteiger partial charge in [0.05, 0.1) is 4.90 Å². The third-order valence-electron chi connectivity index (χ3n) is 4.84. The smallest absolute Gasteiger partial charge is 0.253 e. The van der Waals surface area contributed by atoms with Crippen molar-refractivity contribution in [2.24, 2.45) is 0 Å². The van der Waals surface area contributed by atoms with E-state index in [4.69, 9.17) is 0 Å². The maximum absolute atomic E-state index is 12.4. The number of amides is 2. The van der Waals surface area contributed by atoms with E-state index >= 15 is 0 Å². The maximum Gasteiger partial charge on any atom is 0.253 e. The number of nitrogens with zero attached hydrogens (tertiary/aromatic N) is 2. The summed E-state index contributed by atoms with van der Waals surface area (Å²) in [5, 5.41) is 2.92. The summed E-state index contributed by atoms with van der Waals surface area (Å²) >= 11 is 3.26. The van der Waals surface area contributed by atoms with Crippen LogP contribution in [0.15, 0.2) is 58.2 Å². The summed E-state index contributed by atoms with van der Waals surface area (Å²) in [5.41, 5.74) is 0.602. The number of rotatable bonds is 7. The van der Waals surface area contributed by atoms with Crippen molar-refractivity contribution in [3.8, 4) is 0 Å². The Hall–Kier alpha value is -2.30. The van der Waals surface area contributed by atoms with Crippen LogP contribution in [-0.4, -0.2) is 55.8 Å². The zero-order chi connectivity index (χ0) is 21.6. The van der Waals surface area contributed by atoms with E-state index in [9.17, 15) is 18.0 Å². The van der Waals surface area contributed by atoms with Gasteiger partial charge < -0.3 is 10.2 Å². The van der Waals surface area contributed by atoms with Gasteiger partial charge in [-0.05, 0) is 49.2 Å². The Morgan fingerprint density at radius 3 is 2.33 bits per heavy atom. The quantitative estimate of drug-likeness (QED) is 0.611. The molecule has 0 bridgehead atoms. The van der Waals surface area contributed by atoms with Crippen LogP contribution in [0.4, 0.5) is 0 Å². The van der Waals surface area contributed by atoms with E-state index in [0.29, 0.717) is 31.5 Å². The number of likely N-dealkylation sites (tertiary alicyclic amines) is 1. The number of carbonyl (C=O) groups is 2. The number of halogens is 1. The van der Waals surface area contributed by atoms with Gasteiger partial charge in [-0.3, -0.25) is 14.6 Å². The molecule has 1 aliphatic rings. The molecule has 2 aromatic rings. The van der Waals surface area contributed by atoms with E-state index in [-0.39, 0.29) is 35.7 Å². The van der Waals surface area contributed by atoms with Crippen molar-refractivity contribution in [1.29, 1.82) is 0 Å². The number of nitrogens with one attached hydrogen (secondary N) is 2. The van der Waals surface area contributed by atoms with Crippen molar-refractivity contribution < 1.29 is 18.0 Å². The second kappa shape index (κ2) is 10.1. The summed E-state index contributed by atoms with van der Waals surface area (Å²) in [5.74, 6) is -0.253. The molecule has 1 aromatic carbocycles. The van der Waals surface area contributed by atoms with Gasteiger partial charge in [0, 0.05) is 54.5 Å². The average molecular weight is 495 g/mol. The molecular formula is C20H23BrN4O4S. The summed E-state index contributed by atoms with van der Waals surface area (Å²) in [7, 11) is -3.65. The first-order chi connectivity index (χ1) is 14.3. The zero-order valence-corrected chi connectivity index (χ0v) is 18.7. The van der Waals surface area contributed by atoms with Crippen LogP contribution >= 0.6 is 15.9 Å². The number of carbonyl (C=O) groups excluding carboxylic acids is 2. The Bertz CT molecular complexity index is 976. The fourth-order valence-corrected chi connectivity index (χ4v) is 4.50. The third-order valence-corrected chi connectivity index (χ3v) is 6.85. The molecule has 160 valence electrons. The highest BCUT2D eigenvalue weighted by Gasteiger charge is 2.24. The number of piperidine rings is 1. The highest BCUT2D eigenvalue weighted by Crippen LogP contribution is 2.15. The van der Waals surface area contributed by atoms with Gasteiger partial charge in [0.15, 0.2) is 0 Å². The van der Waals surface area contributed by atoms with Crippen LogP contribution in [0.3, 0.4) is 0 Å². The first kappa shape index (κ1) is 22.4. The summed E-state index contributed by atoms with van der Waals surface area (Å²) in [6.07, 6.45) is 4.54. The number of hydrogen-bond acceptors (Lipinski definition) is 5. The fourth-order valence-electron chi connectivity index (χ4n) is 3.20. The molecule has 1 fully saturated rings. The molecular weight excluding hydrogens is 472 g/mol. The Kier molecular flexibility index (Phi) is 7.57. The van der Waals surface area contributed by atoms with E-state index in [1.54, 1.807) is 41.6 Å². The van der Waals surface area contributed by atoms with Crippen molar-refractivity contribution in [1.82, 2.24) is 19.9 Å². The van der Waals surface area contributed by atoms with Crippen LogP contribution in [0.1, 0.15) is 29.6 Å². The summed E-state index contributed by atoms with van der Waals surface area (Å²) in [6.45, 7) is 1.13. The Morgan fingerprint density at radius 2 is 1.70 bits per heavy atom. The summed E-state index contributed by atoms with van der Waals surface area (Å²) in [6, 6.07) is 9.63. The molecule has 0 radical (unpaired) electrons. The lowest BCUT2D eigenvalue weighted by Gasteiger charge is -2.32. The minimum atomic E-state index is -3.65. The number of sulfonamides is 1. The molecule has 1 aliphatic heterocycles. The second-order valence-corrected chi connectivity index (χ2v) is 9.65. The molecule has 0 unspecified atom stereocenters. The van der Waals surface area contributed by atoms with Gasteiger partial charge >= 0.3 is 0 Å². The van der Waals surface area contributed by atoms with Crippen molar-refractivity contribution >= 4 is 37.8 Å². The van der Waals surface area contributed by atoms with Gasteiger partial charge in [0.25, 0.3) is 5.91 Å². The number of aromatic nitrogens is 1. The largest absolute Gasteiger partial charge is 0.353 e. The normalized spacial score (nSPS) is 15.0. The molecule has 0 aliphatic carbocycles. The van der Waals surface area contributed by atoms with Crippen molar-refractivity contribution in [2.75, 3.05) is 19.6 Å². The molecule has 8 nitrogen and oxygen atoms in total. The third kappa shape index (κ3) is 6.10. The van der Waals surface area contributed by atoms with Gasteiger partial charge in [-0.25, -0.2) is 13.1 Å². The van der Waals surface area contributed by atoms with Crippen LogP contribution in [0, 0.1) is 0 Å². The minimum absolute atomic E-state index is 0.0175. The average Bonchev–Trinajstić information content (AvgIpc) is 2.74. The number of pyridine rings is 1. The van der Waals surface area contributed by atoms with E-state index in [0.717, 1.165) is 4.47 Å². The van der Waals surface area contributed by atoms with E-state index in [1.807, 2.05) is 0 Å². The molecule has 2 amide bonds. The maximum atomic E-state index is 12.4. The van der Waals surface area contributed by atoms with Gasteiger partial charge in [-0.2, -0.15) is 0 Å². The van der Waals surface area contributed by atoms with Crippen LogP contribution in [-0.2, 0) is 14.8 Å². The SMILES string of the molecule is O=C(CCNS(=O)(=O)c1ccc(Br)cc1)NC1CCN(C(=O)c2ccncc2)CC1. The van der Waals surface area contributed by atoms with E-state index < -0.39 is 10.0 Å². The van der Waals surface area contributed by atoms with E-state index in [2.05, 4.69) is 31.0 Å². The molecule has 0 saturated carbocycles. The molecule has 30 heavy (non-hydrogen) atoms. The Balaban J connectivity index is 1.40. The molecule has 1 saturated heterocycles. The van der Waals surface area contributed by atoms with Crippen molar-refractivity contribution in [3.63, 3.8) is 0 Å². The highest BCUT2D eigenvalue weighted by molar-refractivity contribution is 9.10. The molecule has 10 heteroatoms. The number of hydrogen-bond donors (Lipinski definition) is 2. The summed E-state index contributed by atoms with van der Waals surface area (Å²) < 4.78 is 27.7. The minimum Gasteiger partial charge on any atom is -0.353 e. The lowest BCUT2D eigenvalue weighted by molar-refractivity contribution is -0.121. The molecule has 0 atom stereocenters. The molecule has 2 heterocycles. The van der Waals surface area contributed by atoms with Gasteiger partial charge in [0.2, 0.25) is 15.9 Å². The van der Waals surface area contributed by atoms with Gasteiger partial charge in [-0.1, -0.05) is 15.9 Å². The fraction of sp³-hybridized carbons (Fsp3) is 0.350. The predicted molar refractivity (Wildman–Crippen MR) is 115 cm³/mol. The standard InChI is InChI=1S/C20H23BrN4O4S/c21-16-1-3-18(4-2-16)30(28,29)23-12-7-19(26)24-17-8-13-25(14-9-17)20(27)15-5-10-22-11-6-15/h1-6,10-11,17,23H,7-9,12-14H2,(H,24,26). The number of benzene rings is 1. The first-order valence-electron chi connectivity index (χ1n) is 9.59. The monoisotopic (exact) mass is 494 g/mol. The van der Waals surface area contributed by atoms with Crippen molar-refractivity contribution in [2.45, 2.75) is 30.2 Å². The highest BCUT2D eigenvalue weighted by atomic mass is 79.9. The lowest BCUT2D eigenvalue weighted by Crippen LogP contribution is -2.47. The molecule has 1 aromatic heterocycles. The van der Waals surface area contributed by atoms with Crippen LogP contribution in [0.2, 0.25) is 0 Å². The van der Waals surface area contributed by atoms with Crippen LogP contribution in [0.5, 0.6) is 0 Å². The van der Waals surface area contributed by atoms with Gasteiger partial charge in [-0.15, -0.1) is 0 Å². The first-order valence-corrected chi connectivity index (χ1v) is 11.9. The summed E-state index contributed by atoms with van der Waals surface area (Å²) in [4.78, 5) is 30.5. The van der Waals surface area contributed by atoms with Gasteiger partial charge in [0.1, 0.15) is 0 Å². The lowest BCUT2D eigenvalue weighted by atomic mass is 10.0. The zero-order valence-electron chi connectivity index (χ0n) is 16.3. The van der Waals surface area contributed by atoms with Crippen molar-refractivity contribution in [3.05, 3.63) is 58.8 Å². The molecule has 0 spiro atoms. The Labute approximate surface area is 184 Å².